The Hall–Kier alpha value is -2.78. The summed E-state index contributed by atoms with van der Waals surface area (Å²) in [7, 11) is 0. The molecule has 0 radical (unpaired) electrons. The highest BCUT2D eigenvalue weighted by Gasteiger charge is 2.32. The zero-order valence-corrected chi connectivity index (χ0v) is 20.9. The second-order valence-corrected chi connectivity index (χ2v) is 9.39. The topological polar surface area (TPSA) is 92.5 Å². The number of imidazole rings is 1. The predicted octanol–water partition coefficient (Wildman–Crippen LogP) is 6.35. The van der Waals surface area contributed by atoms with Crippen molar-refractivity contribution in [2.75, 3.05) is 0 Å². The number of halogens is 2. The number of benzene rings is 2. The Morgan fingerprint density at radius 2 is 2.03 bits per heavy atom. The van der Waals surface area contributed by atoms with E-state index in [-0.39, 0.29) is 0 Å². The lowest BCUT2D eigenvalue weighted by Crippen LogP contribution is -2.32. The van der Waals surface area contributed by atoms with Crippen LogP contribution >= 0.6 is 34.5 Å². The van der Waals surface area contributed by atoms with Gasteiger partial charge in [0.1, 0.15) is 23.9 Å². The number of para-hydroxylation sites is 2. The highest BCUT2D eigenvalue weighted by molar-refractivity contribution is 7.07. The molecule has 1 unspecified atom stereocenters. The molecular weight excluding hydrogens is 491 g/mol. The Labute approximate surface area is 211 Å². The van der Waals surface area contributed by atoms with Crippen molar-refractivity contribution in [1.82, 2.24) is 29.7 Å². The first-order valence-electron chi connectivity index (χ1n) is 10.8. The van der Waals surface area contributed by atoms with Crippen molar-refractivity contribution in [1.29, 1.82) is 0 Å². The van der Waals surface area contributed by atoms with Crippen LogP contribution in [0.2, 0.25) is 10.0 Å². The molecular formula is C24H24Cl2N6OS. The second-order valence-electron chi connectivity index (χ2n) is 7.83. The highest BCUT2D eigenvalue weighted by atomic mass is 35.5. The third kappa shape index (κ3) is 5.82. The number of aromatic amines is 1. The number of fused-ring (bicyclic) bond motifs is 1. The summed E-state index contributed by atoms with van der Waals surface area (Å²) in [5.74, 6) is 0.840. The largest absolute Gasteiger partial charge is 0.383 e. The van der Waals surface area contributed by atoms with E-state index in [9.17, 15) is 5.11 Å². The molecule has 176 valence electrons. The van der Waals surface area contributed by atoms with Crippen molar-refractivity contribution in [3.05, 3.63) is 81.6 Å². The average molecular weight is 515 g/mol. The van der Waals surface area contributed by atoms with Gasteiger partial charge in [-0.05, 0) is 30.7 Å². The molecule has 5 rings (SSSR count). The SMILES string of the molecule is CCCCC(O)(Cn1cncn1)c1ccc(Cl)cc1Cl.c1ccc2[nH]c(-c3cscn3)nc2c1. The van der Waals surface area contributed by atoms with Crippen molar-refractivity contribution in [3.8, 4) is 11.5 Å². The quantitative estimate of drug-likeness (QED) is 0.264. The summed E-state index contributed by atoms with van der Waals surface area (Å²) in [6, 6.07) is 13.1. The second kappa shape index (κ2) is 11.1. The molecule has 3 heterocycles. The molecule has 0 bridgehead atoms. The smallest absolute Gasteiger partial charge is 0.158 e. The molecule has 2 aromatic carbocycles. The fourth-order valence-corrected chi connectivity index (χ4v) is 4.74. The van der Waals surface area contributed by atoms with E-state index < -0.39 is 5.60 Å². The van der Waals surface area contributed by atoms with Crippen LogP contribution < -0.4 is 0 Å². The lowest BCUT2D eigenvalue weighted by molar-refractivity contribution is 0.00429. The van der Waals surface area contributed by atoms with Crippen LogP contribution in [0.5, 0.6) is 0 Å². The summed E-state index contributed by atoms with van der Waals surface area (Å²) in [5.41, 5.74) is 4.35. The Balaban J connectivity index is 0.000000170. The van der Waals surface area contributed by atoms with Crippen LogP contribution in [-0.2, 0) is 12.1 Å². The molecule has 34 heavy (non-hydrogen) atoms. The van der Waals surface area contributed by atoms with E-state index in [0.29, 0.717) is 28.6 Å². The van der Waals surface area contributed by atoms with Crippen LogP contribution in [0.4, 0.5) is 0 Å². The summed E-state index contributed by atoms with van der Waals surface area (Å²) >= 11 is 13.7. The average Bonchev–Trinajstić information content (AvgIpc) is 3.59. The number of aliphatic hydroxyl groups is 1. The number of nitrogens with zero attached hydrogens (tertiary/aromatic N) is 5. The molecule has 0 spiro atoms. The Morgan fingerprint density at radius 1 is 1.18 bits per heavy atom. The molecule has 1 atom stereocenters. The number of nitrogens with one attached hydrogen (secondary N) is 1. The van der Waals surface area contributed by atoms with E-state index in [4.69, 9.17) is 23.2 Å². The van der Waals surface area contributed by atoms with E-state index in [1.165, 1.54) is 6.33 Å². The monoisotopic (exact) mass is 514 g/mol. The minimum absolute atomic E-state index is 0.314. The number of H-pyrrole nitrogens is 1. The molecule has 0 amide bonds. The summed E-state index contributed by atoms with van der Waals surface area (Å²) in [6.07, 6.45) is 5.52. The fourth-order valence-electron chi connectivity index (χ4n) is 3.62. The van der Waals surface area contributed by atoms with Gasteiger partial charge in [0.2, 0.25) is 0 Å². The zero-order valence-electron chi connectivity index (χ0n) is 18.5. The molecule has 0 fully saturated rings. The third-order valence-corrected chi connectivity index (χ3v) is 6.47. The fraction of sp³-hybridized carbons (Fsp3) is 0.250. The first kappa shape index (κ1) is 24.3. The lowest BCUT2D eigenvalue weighted by Gasteiger charge is -2.29. The van der Waals surface area contributed by atoms with Gasteiger partial charge in [-0.1, -0.05) is 61.2 Å². The van der Waals surface area contributed by atoms with E-state index in [2.05, 4.69) is 32.0 Å². The number of rotatable bonds is 7. The number of hydrogen-bond donors (Lipinski definition) is 2. The molecule has 0 saturated heterocycles. The van der Waals surface area contributed by atoms with Crippen LogP contribution in [0.1, 0.15) is 31.7 Å². The molecule has 0 aliphatic carbocycles. The van der Waals surface area contributed by atoms with Gasteiger partial charge in [0.05, 0.1) is 23.1 Å². The molecule has 5 aromatic rings. The van der Waals surface area contributed by atoms with Crippen molar-refractivity contribution in [3.63, 3.8) is 0 Å². The Kier molecular flexibility index (Phi) is 7.95. The summed E-state index contributed by atoms with van der Waals surface area (Å²) in [5, 5.41) is 18.1. The minimum Gasteiger partial charge on any atom is -0.383 e. The van der Waals surface area contributed by atoms with Crippen molar-refractivity contribution < 1.29 is 5.11 Å². The summed E-state index contributed by atoms with van der Waals surface area (Å²) in [4.78, 5) is 15.8. The molecule has 7 nitrogen and oxygen atoms in total. The Bertz CT molecular complexity index is 1290. The van der Waals surface area contributed by atoms with Gasteiger partial charge in [0.15, 0.2) is 5.82 Å². The van der Waals surface area contributed by atoms with Gasteiger partial charge in [0, 0.05) is 21.0 Å². The molecule has 0 saturated carbocycles. The number of aromatic nitrogens is 6. The third-order valence-electron chi connectivity index (χ3n) is 5.33. The van der Waals surface area contributed by atoms with Crippen LogP contribution in [0.15, 0.2) is 66.0 Å². The zero-order chi connectivity index (χ0) is 24.0. The molecule has 3 aromatic heterocycles. The molecule has 0 aliphatic rings. The molecule has 0 aliphatic heterocycles. The van der Waals surface area contributed by atoms with Crippen molar-refractivity contribution >= 4 is 45.6 Å². The maximum atomic E-state index is 11.0. The van der Waals surface area contributed by atoms with Crippen LogP contribution in [0.3, 0.4) is 0 Å². The van der Waals surface area contributed by atoms with Gasteiger partial charge in [0.25, 0.3) is 0 Å². The van der Waals surface area contributed by atoms with Gasteiger partial charge < -0.3 is 10.1 Å². The van der Waals surface area contributed by atoms with Gasteiger partial charge in [-0.15, -0.1) is 11.3 Å². The number of thiazole rings is 1. The number of hydrogen-bond acceptors (Lipinski definition) is 6. The summed E-state index contributed by atoms with van der Waals surface area (Å²) in [6.45, 7) is 2.40. The maximum Gasteiger partial charge on any atom is 0.158 e. The summed E-state index contributed by atoms with van der Waals surface area (Å²) < 4.78 is 1.61. The standard InChI is InChI=1S/C14H17Cl2N3O.C10H7N3S/c1-2-3-6-14(20,8-19-10-17-9-18-19)12-5-4-11(15)7-13(12)16;1-2-4-8-7(3-1)12-10(13-8)9-5-14-6-11-9/h4-5,7,9-10,20H,2-3,6,8H2,1H3;1-6H,(H,12,13). The van der Waals surface area contributed by atoms with Gasteiger partial charge >= 0.3 is 0 Å². The first-order valence-corrected chi connectivity index (χ1v) is 12.5. The van der Waals surface area contributed by atoms with Gasteiger partial charge in [-0.2, -0.15) is 5.10 Å². The predicted molar refractivity (Wildman–Crippen MR) is 137 cm³/mol. The van der Waals surface area contributed by atoms with Gasteiger partial charge in [-0.25, -0.2) is 19.6 Å². The highest BCUT2D eigenvalue weighted by Crippen LogP contribution is 2.35. The first-order chi connectivity index (χ1) is 16.5. The lowest BCUT2D eigenvalue weighted by atomic mass is 9.88. The van der Waals surface area contributed by atoms with Crippen molar-refractivity contribution in [2.24, 2.45) is 0 Å². The normalized spacial score (nSPS) is 12.8. The van der Waals surface area contributed by atoms with Crippen molar-refractivity contribution in [2.45, 2.75) is 38.3 Å². The van der Waals surface area contributed by atoms with Crippen LogP contribution in [-0.4, -0.2) is 34.8 Å². The molecule has 10 heteroatoms. The van der Waals surface area contributed by atoms with Crippen LogP contribution in [0, 0.1) is 0 Å². The molecule has 2 N–H and O–H groups in total. The minimum atomic E-state index is -1.08. The maximum absolute atomic E-state index is 11.0. The van der Waals surface area contributed by atoms with E-state index in [1.807, 2.05) is 35.2 Å². The van der Waals surface area contributed by atoms with E-state index in [1.54, 1.807) is 40.5 Å². The Morgan fingerprint density at radius 3 is 2.71 bits per heavy atom. The number of unbranched alkanes of at least 4 members (excludes halogenated alkanes) is 1. The van der Waals surface area contributed by atoms with E-state index >= 15 is 0 Å². The van der Waals surface area contributed by atoms with Crippen LogP contribution in [0.25, 0.3) is 22.6 Å². The van der Waals surface area contributed by atoms with E-state index in [0.717, 1.165) is 35.4 Å². The van der Waals surface area contributed by atoms with Gasteiger partial charge in [-0.3, -0.25) is 0 Å².